The molecule has 0 bridgehead atoms. The van der Waals surface area contributed by atoms with Gasteiger partial charge in [-0.05, 0) is 38.8 Å². The van der Waals surface area contributed by atoms with Crippen molar-refractivity contribution in [1.29, 1.82) is 0 Å². The highest BCUT2D eigenvalue weighted by molar-refractivity contribution is 7.09. The zero-order valence-corrected chi connectivity index (χ0v) is 34.3. The zero-order valence-electron chi connectivity index (χ0n) is 32.3. The molecule has 0 spiro atoms. The average Bonchev–Trinajstić information content (AvgIpc) is 3.26. The number of rotatable bonds is 16. The van der Waals surface area contributed by atoms with Crippen molar-refractivity contribution in [2.45, 2.75) is 38.8 Å². The first kappa shape index (κ1) is 51.9. The molecular weight excluding hydrogens is 973 g/mol. The molecule has 0 N–H and O–H groups in total. The van der Waals surface area contributed by atoms with Crippen LogP contribution < -0.4 is 20.7 Å². The number of esters is 2. The van der Waals surface area contributed by atoms with E-state index >= 15 is 70.2 Å². The average molecular weight is 995 g/mol. The minimum atomic E-state index is -7.70. The summed E-state index contributed by atoms with van der Waals surface area (Å²) < 4.78 is 326. The molecule has 0 unspecified atom stereocenters. The Labute approximate surface area is 352 Å². The van der Waals surface area contributed by atoms with Crippen LogP contribution in [0.15, 0.2) is 24.3 Å². The van der Waals surface area contributed by atoms with Crippen LogP contribution in [0, 0.1) is 116 Å². The van der Waals surface area contributed by atoms with Gasteiger partial charge in [0.25, 0.3) is 16.6 Å². The molecule has 4 rings (SSSR count). The van der Waals surface area contributed by atoms with Crippen molar-refractivity contribution < 1.29 is 111 Å². The Kier molecular flexibility index (Phi) is 15.5. The maximum Gasteiger partial charge on any atom is 0.333 e. The molecule has 0 aliphatic carbocycles. The number of hydrogen-bond acceptors (Lipinski definition) is 5. The Hall–Kier alpha value is -5.71. The van der Waals surface area contributed by atoms with Crippen molar-refractivity contribution in [3.05, 3.63) is 141 Å². The molecule has 0 radical (unpaired) electrons. The Morgan fingerprint density at radius 2 is 0.523 bits per heavy atom. The molecule has 0 aromatic heterocycles. The van der Waals surface area contributed by atoms with Gasteiger partial charge in [0, 0.05) is 31.9 Å². The van der Waals surface area contributed by atoms with E-state index in [0.29, 0.717) is 0 Å². The lowest BCUT2D eigenvalue weighted by Gasteiger charge is -2.44. The maximum absolute atomic E-state index is 16.3. The van der Waals surface area contributed by atoms with Crippen molar-refractivity contribution in [2.75, 3.05) is 13.2 Å². The Morgan fingerprint density at radius 1 is 0.354 bits per heavy atom. The summed E-state index contributed by atoms with van der Waals surface area (Å²) in [5.41, 5.74) is -0.999. The van der Waals surface area contributed by atoms with Crippen LogP contribution in [0.2, 0.25) is 12.1 Å². The first-order valence-corrected chi connectivity index (χ1v) is 21.7. The second kappa shape index (κ2) is 19.4. The fourth-order valence-corrected chi connectivity index (χ4v) is 17.7. The van der Waals surface area contributed by atoms with Gasteiger partial charge in [-0.1, -0.05) is 13.2 Å². The van der Waals surface area contributed by atoms with E-state index in [1.165, 1.54) is 0 Å². The number of hydrogen-bond donors (Lipinski definition) is 0. The van der Waals surface area contributed by atoms with Crippen LogP contribution in [0.25, 0.3) is 0 Å². The third-order valence-electron chi connectivity index (χ3n) is 9.31. The van der Waals surface area contributed by atoms with Crippen LogP contribution >= 0.6 is 0 Å². The highest BCUT2D eigenvalue weighted by atomic mass is 28.4. The lowest BCUT2D eigenvalue weighted by Crippen LogP contribution is -2.77. The first-order valence-electron chi connectivity index (χ1n) is 17.5. The minimum Gasteiger partial charge on any atom is -0.462 e. The van der Waals surface area contributed by atoms with Gasteiger partial charge in [0.2, 0.25) is 23.3 Å². The topological polar surface area (TPSA) is 61.8 Å². The molecule has 0 saturated carbocycles. The number of ether oxygens (including phenoxy) is 2. The van der Waals surface area contributed by atoms with E-state index in [2.05, 4.69) is 22.6 Å². The fraction of sp³-hybridized carbons (Fsp3) is 0.211. The standard InChI is InChI=1S/C38H22F20O5Si2/c1-11(2)37(59)61-7-5-9-64(33-25(51)17(43)13(39)18(44)26(33)52,34-27(53)19(45)14(40)20(46)28(34)54)63-65(10-6-8-62-38(60)12(3)4,35-29(55)21(47)15(41)22(48)30(35)56)36-31(57)23(49)16(42)24(50)32(36)58/h1,3,5-10H2,2,4H3. The predicted molar refractivity (Wildman–Crippen MR) is 186 cm³/mol. The molecule has 0 atom stereocenters. The second-order valence-electron chi connectivity index (χ2n) is 13.6. The van der Waals surface area contributed by atoms with E-state index in [9.17, 15) is 27.2 Å². The van der Waals surface area contributed by atoms with Gasteiger partial charge in [0.05, 0.1) is 13.2 Å². The fourth-order valence-electron chi connectivity index (χ4n) is 6.41. The van der Waals surface area contributed by atoms with Crippen molar-refractivity contribution in [3.63, 3.8) is 0 Å². The van der Waals surface area contributed by atoms with Gasteiger partial charge >= 0.3 is 11.9 Å². The molecule has 0 fully saturated rings. The lowest BCUT2D eigenvalue weighted by molar-refractivity contribution is -0.139. The Morgan fingerprint density at radius 3 is 0.692 bits per heavy atom. The SMILES string of the molecule is C=C(C)C(=O)OCCC[Si](O[Si](CCCOC(=O)C(=C)C)(c1c(F)c(F)c(F)c(F)c1F)c1c(F)c(F)c(F)c(F)c1F)(c1c(F)c(F)c(F)c(F)c1F)c1c(F)c(F)c(F)c(F)c1F. The zero-order chi connectivity index (χ0) is 49.5. The van der Waals surface area contributed by atoms with E-state index in [1.54, 1.807) is 0 Å². The molecule has 0 aliphatic rings. The van der Waals surface area contributed by atoms with Crippen LogP contribution in [0.3, 0.4) is 0 Å². The molecule has 0 amide bonds. The highest BCUT2D eigenvalue weighted by Gasteiger charge is 2.61. The van der Waals surface area contributed by atoms with Crippen molar-refractivity contribution in [1.82, 2.24) is 0 Å². The van der Waals surface area contributed by atoms with Gasteiger partial charge in [-0.3, -0.25) is 0 Å². The molecule has 5 nitrogen and oxygen atoms in total. The van der Waals surface area contributed by atoms with E-state index < -0.39 is 215 Å². The van der Waals surface area contributed by atoms with E-state index in [-0.39, 0.29) is 0 Å². The van der Waals surface area contributed by atoms with Gasteiger partial charge in [0.1, 0.15) is 0 Å². The van der Waals surface area contributed by atoms with Crippen LogP contribution in [0.1, 0.15) is 26.7 Å². The van der Waals surface area contributed by atoms with Gasteiger partial charge in [-0.25, -0.2) is 97.4 Å². The molecule has 65 heavy (non-hydrogen) atoms. The van der Waals surface area contributed by atoms with E-state index in [4.69, 9.17) is 4.12 Å². The van der Waals surface area contributed by atoms with Gasteiger partial charge in [-0.15, -0.1) is 0 Å². The molecule has 0 saturated heterocycles. The van der Waals surface area contributed by atoms with E-state index in [1.807, 2.05) is 0 Å². The number of benzene rings is 4. The molecule has 0 aliphatic heterocycles. The van der Waals surface area contributed by atoms with Crippen LogP contribution in [-0.2, 0) is 23.2 Å². The largest absolute Gasteiger partial charge is 0.462 e. The Bertz CT molecular complexity index is 2240. The quantitative estimate of drug-likeness (QED) is 0.0215. The monoisotopic (exact) mass is 994 g/mol. The molecular formula is C38H22F20O5Si2. The highest BCUT2D eigenvalue weighted by Crippen LogP contribution is 2.35. The van der Waals surface area contributed by atoms with E-state index in [0.717, 1.165) is 13.8 Å². The van der Waals surface area contributed by atoms with Crippen molar-refractivity contribution >= 4 is 49.3 Å². The third kappa shape index (κ3) is 8.87. The van der Waals surface area contributed by atoms with Crippen molar-refractivity contribution in [3.8, 4) is 0 Å². The summed E-state index contributed by atoms with van der Waals surface area (Å²) in [5, 5.41) is -11.8. The molecule has 4 aromatic rings. The number of halogens is 20. The van der Waals surface area contributed by atoms with Gasteiger partial charge < -0.3 is 13.6 Å². The van der Waals surface area contributed by atoms with Crippen LogP contribution in [-0.4, -0.2) is 41.8 Å². The van der Waals surface area contributed by atoms with Crippen LogP contribution in [0.5, 0.6) is 0 Å². The summed E-state index contributed by atoms with van der Waals surface area (Å²) in [6.45, 7) is 5.41. The predicted octanol–water partition coefficient (Wildman–Crippen LogP) is 8.32. The Balaban J connectivity index is 2.49. The molecule has 0 heterocycles. The third-order valence-corrected chi connectivity index (χ3v) is 19.2. The van der Waals surface area contributed by atoms with Gasteiger partial charge in [0.15, 0.2) is 93.1 Å². The maximum atomic E-state index is 16.3. The molecule has 4 aromatic carbocycles. The summed E-state index contributed by atoms with van der Waals surface area (Å²) in [4.78, 5) is 24.4. The summed E-state index contributed by atoms with van der Waals surface area (Å²) in [6, 6.07) is -4.39. The van der Waals surface area contributed by atoms with Crippen LogP contribution in [0.4, 0.5) is 87.8 Å². The summed E-state index contributed by atoms with van der Waals surface area (Å²) in [5.74, 6) is -68.8. The normalized spacial score (nSPS) is 11.9. The lowest BCUT2D eigenvalue weighted by atomic mass is 10.3. The molecule has 352 valence electrons. The first-order chi connectivity index (χ1) is 30.1. The second-order valence-corrected chi connectivity index (χ2v) is 20.7. The summed E-state index contributed by atoms with van der Waals surface area (Å²) >= 11 is 0. The number of carbonyl (C=O) groups excluding carboxylic acids is 2. The smallest absolute Gasteiger partial charge is 0.333 e. The van der Waals surface area contributed by atoms with Crippen molar-refractivity contribution in [2.24, 2.45) is 0 Å². The minimum absolute atomic E-state index is 0.499. The number of carbonyl (C=O) groups is 2. The summed E-state index contributed by atoms with van der Waals surface area (Å²) in [6.07, 6.45) is -3.06. The van der Waals surface area contributed by atoms with Gasteiger partial charge in [-0.2, -0.15) is 0 Å². The summed E-state index contributed by atoms with van der Waals surface area (Å²) in [7, 11) is -15.4. The molecule has 27 heteroatoms.